The van der Waals surface area contributed by atoms with E-state index in [0.717, 1.165) is 28.1 Å². The van der Waals surface area contributed by atoms with Gasteiger partial charge in [0.1, 0.15) is 0 Å². The SMILES string of the molecule is CCn1c(SCC(=O)NC(=O)Nc2ccc(C)cc2C)nnc1-c1cccc(C)c1. The standard InChI is InChI=1S/C22H25N5O2S/c1-5-27-20(17-8-6-7-14(2)12-17)25-26-22(27)30-13-19(28)24-21(29)23-18-10-9-15(3)11-16(18)4/h6-12H,5,13H2,1-4H3,(H2,23,24,28,29). The van der Waals surface area contributed by atoms with E-state index >= 15 is 0 Å². The molecule has 1 aromatic heterocycles. The Kier molecular flexibility index (Phi) is 6.89. The van der Waals surface area contributed by atoms with Crippen LogP contribution < -0.4 is 10.6 Å². The van der Waals surface area contributed by atoms with Crippen molar-refractivity contribution in [3.63, 3.8) is 0 Å². The molecule has 0 atom stereocenters. The number of carbonyl (C=O) groups excluding carboxylic acids is 2. The Bertz CT molecular complexity index is 1080. The molecule has 0 fully saturated rings. The molecule has 0 aliphatic rings. The zero-order valence-corrected chi connectivity index (χ0v) is 18.3. The van der Waals surface area contributed by atoms with Gasteiger partial charge in [-0.1, -0.05) is 53.2 Å². The van der Waals surface area contributed by atoms with Crippen molar-refractivity contribution in [2.24, 2.45) is 0 Å². The van der Waals surface area contributed by atoms with E-state index in [1.165, 1.54) is 11.8 Å². The predicted molar refractivity (Wildman–Crippen MR) is 120 cm³/mol. The monoisotopic (exact) mass is 423 g/mol. The molecule has 0 unspecified atom stereocenters. The van der Waals surface area contributed by atoms with Gasteiger partial charge in [-0.25, -0.2) is 4.79 Å². The maximum atomic E-state index is 12.2. The fourth-order valence-electron chi connectivity index (χ4n) is 3.08. The van der Waals surface area contributed by atoms with Crippen molar-refractivity contribution in [3.05, 3.63) is 59.2 Å². The van der Waals surface area contributed by atoms with Crippen molar-refractivity contribution in [3.8, 4) is 11.4 Å². The van der Waals surface area contributed by atoms with Crippen molar-refractivity contribution in [2.45, 2.75) is 39.4 Å². The summed E-state index contributed by atoms with van der Waals surface area (Å²) in [7, 11) is 0. The lowest BCUT2D eigenvalue weighted by atomic mass is 10.1. The van der Waals surface area contributed by atoms with Crippen LogP contribution in [0.3, 0.4) is 0 Å². The van der Waals surface area contributed by atoms with Gasteiger partial charge in [-0.15, -0.1) is 10.2 Å². The second-order valence-electron chi connectivity index (χ2n) is 7.03. The van der Waals surface area contributed by atoms with Gasteiger partial charge in [-0.05, 0) is 45.4 Å². The molecule has 0 saturated heterocycles. The van der Waals surface area contributed by atoms with E-state index in [4.69, 9.17) is 0 Å². The Balaban J connectivity index is 1.60. The highest BCUT2D eigenvalue weighted by molar-refractivity contribution is 7.99. The minimum atomic E-state index is -0.551. The first-order valence-electron chi connectivity index (χ1n) is 9.68. The van der Waals surface area contributed by atoms with Gasteiger partial charge in [0.05, 0.1) is 5.75 Å². The summed E-state index contributed by atoms with van der Waals surface area (Å²) in [6, 6.07) is 13.2. The summed E-state index contributed by atoms with van der Waals surface area (Å²) in [5.41, 5.74) is 4.84. The number of anilines is 1. The van der Waals surface area contributed by atoms with Crippen molar-refractivity contribution in [1.29, 1.82) is 0 Å². The Morgan fingerprint density at radius 1 is 1.03 bits per heavy atom. The van der Waals surface area contributed by atoms with E-state index in [1.54, 1.807) is 0 Å². The first kappa shape index (κ1) is 21.6. The molecular weight excluding hydrogens is 398 g/mol. The smallest absolute Gasteiger partial charge is 0.307 e. The summed E-state index contributed by atoms with van der Waals surface area (Å²) in [5.74, 6) is 0.424. The summed E-state index contributed by atoms with van der Waals surface area (Å²) in [6.07, 6.45) is 0. The van der Waals surface area contributed by atoms with Gasteiger partial charge >= 0.3 is 6.03 Å². The normalized spacial score (nSPS) is 10.7. The minimum Gasteiger partial charge on any atom is -0.307 e. The van der Waals surface area contributed by atoms with Crippen LogP contribution in [0, 0.1) is 20.8 Å². The molecule has 3 rings (SSSR count). The molecule has 1 heterocycles. The van der Waals surface area contributed by atoms with Crippen LogP contribution in [0.4, 0.5) is 10.5 Å². The van der Waals surface area contributed by atoms with Crippen molar-refractivity contribution in [2.75, 3.05) is 11.1 Å². The number of urea groups is 1. The summed E-state index contributed by atoms with van der Waals surface area (Å²) in [4.78, 5) is 24.4. The van der Waals surface area contributed by atoms with E-state index in [2.05, 4.69) is 26.9 Å². The average molecular weight is 424 g/mol. The van der Waals surface area contributed by atoms with Crippen LogP contribution >= 0.6 is 11.8 Å². The Labute approximate surface area is 180 Å². The molecule has 0 spiro atoms. The number of carbonyl (C=O) groups is 2. The zero-order chi connectivity index (χ0) is 21.7. The molecule has 0 aliphatic heterocycles. The molecule has 2 aromatic carbocycles. The lowest BCUT2D eigenvalue weighted by molar-refractivity contribution is -0.117. The fourth-order valence-corrected chi connectivity index (χ4v) is 3.88. The average Bonchev–Trinajstić information content (AvgIpc) is 3.11. The molecule has 0 aliphatic carbocycles. The Morgan fingerprint density at radius 3 is 2.50 bits per heavy atom. The molecule has 30 heavy (non-hydrogen) atoms. The number of imide groups is 1. The molecule has 3 amide bonds. The largest absolute Gasteiger partial charge is 0.325 e. The number of hydrogen-bond donors (Lipinski definition) is 2. The van der Waals surface area contributed by atoms with Crippen molar-refractivity contribution in [1.82, 2.24) is 20.1 Å². The van der Waals surface area contributed by atoms with Crippen LogP contribution in [-0.4, -0.2) is 32.5 Å². The lowest BCUT2D eigenvalue weighted by Crippen LogP contribution is -2.35. The maximum absolute atomic E-state index is 12.2. The van der Waals surface area contributed by atoms with Crippen LogP contribution in [0.1, 0.15) is 23.6 Å². The maximum Gasteiger partial charge on any atom is 0.325 e. The summed E-state index contributed by atoms with van der Waals surface area (Å²) >= 11 is 1.25. The number of thioether (sulfide) groups is 1. The predicted octanol–water partition coefficient (Wildman–Crippen LogP) is 4.33. The van der Waals surface area contributed by atoms with Crippen LogP contribution in [0.15, 0.2) is 47.6 Å². The van der Waals surface area contributed by atoms with Gasteiger partial charge in [0.2, 0.25) is 5.91 Å². The van der Waals surface area contributed by atoms with Gasteiger partial charge < -0.3 is 9.88 Å². The number of nitrogens with zero attached hydrogens (tertiary/aromatic N) is 3. The highest BCUT2D eigenvalue weighted by Crippen LogP contribution is 2.24. The van der Waals surface area contributed by atoms with Crippen molar-refractivity contribution < 1.29 is 9.59 Å². The number of nitrogens with one attached hydrogen (secondary N) is 2. The third kappa shape index (κ3) is 5.27. The highest BCUT2D eigenvalue weighted by Gasteiger charge is 2.16. The van der Waals surface area contributed by atoms with Gasteiger partial charge in [0.15, 0.2) is 11.0 Å². The summed E-state index contributed by atoms with van der Waals surface area (Å²) in [6.45, 7) is 8.59. The van der Waals surface area contributed by atoms with E-state index in [9.17, 15) is 9.59 Å². The highest BCUT2D eigenvalue weighted by atomic mass is 32.2. The first-order chi connectivity index (χ1) is 14.4. The van der Waals surface area contributed by atoms with E-state index in [0.29, 0.717) is 17.4 Å². The molecular formula is C22H25N5O2S. The topological polar surface area (TPSA) is 88.9 Å². The van der Waals surface area contributed by atoms with E-state index < -0.39 is 11.9 Å². The van der Waals surface area contributed by atoms with E-state index in [-0.39, 0.29) is 5.75 Å². The second-order valence-corrected chi connectivity index (χ2v) is 7.97. The molecule has 0 bridgehead atoms. The minimum absolute atomic E-state index is 0.0618. The fraction of sp³-hybridized carbons (Fsp3) is 0.273. The molecule has 0 saturated carbocycles. The van der Waals surface area contributed by atoms with Crippen LogP contribution in [-0.2, 0) is 11.3 Å². The van der Waals surface area contributed by atoms with Crippen LogP contribution in [0.25, 0.3) is 11.4 Å². The molecule has 3 aromatic rings. The number of rotatable bonds is 6. The van der Waals surface area contributed by atoms with Crippen LogP contribution in [0.2, 0.25) is 0 Å². The number of benzene rings is 2. The number of hydrogen-bond acceptors (Lipinski definition) is 5. The van der Waals surface area contributed by atoms with Gasteiger partial charge in [-0.2, -0.15) is 0 Å². The zero-order valence-electron chi connectivity index (χ0n) is 17.5. The number of aryl methyl sites for hydroxylation is 3. The molecule has 0 radical (unpaired) electrons. The summed E-state index contributed by atoms with van der Waals surface area (Å²) < 4.78 is 1.96. The molecule has 2 N–H and O–H groups in total. The van der Waals surface area contributed by atoms with Crippen molar-refractivity contribution >= 4 is 29.4 Å². The quantitative estimate of drug-likeness (QED) is 0.576. The number of aromatic nitrogens is 3. The first-order valence-corrected chi connectivity index (χ1v) is 10.7. The third-order valence-electron chi connectivity index (χ3n) is 4.52. The van der Waals surface area contributed by atoms with Gasteiger partial charge in [0.25, 0.3) is 0 Å². The molecule has 7 nitrogen and oxygen atoms in total. The van der Waals surface area contributed by atoms with Gasteiger partial charge in [0, 0.05) is 17.8 Å². The Morgan fingerprint density at radius 2 is 1.80 bits per heavy atom. The van der Waals surface area contributed by atoms with Crippen LogP contribution in [0.5, 0.6) is 0 Å². The third-order valence-corrected chi connectivity index (χ3v) is 5.49. The summed E-state index contributed by atoms with van der Waals surface area (Å²) in [5, 5.41) is 14.2. The molecule has 156 valence electrons. The van der Waals surface area contributed by atoms with Gasteiger partial charge in [-0.3, -0.25) is 10.1 Å². The van der Waals surface area contributed by atoms with E-state index in [1.807, 2.05) is 68.7 Å². The number of amides is 3. The lowest BCUT2D eigenvalue weighted by Gasteiger charge is -2.10. The molecule has 8 heteroatoms. The second kappa shape index (κ2) is 9.58. The Hall–Kier alpha value is -3.13.